The molecule has 2 aliphatic rings. The summed E-state index contributed by atoms with van der Waals surface area (Å²) in [5.41, 5.74) is 16.7. The maximum absolute atomic E-state index is 5.15. The quantitative estimate of drug-likeness (QED) is 0.215. The summed E-state index contributed by atoms with van der Waals surface area (Å²) in [6.07, 6.45) is 2.89. The first-order valence-corrected chi connectivity index (χ1v) is 15.2. The third-order valence-electron chi connectivity index (χ3n) is 9.59. The molecule has 2 aliphatic carbocycles. The highest BCUT2D eigenvalue weighted by Crippen LogP contribution is 2.51. The largest absolute Gasteiger partial charge is 0.256 e. The van der Waals surface area contributed by atoms with Gasteiger partial charge in [-0.05, 0) is 68.8 Å². The molecule has 0 bridgehead atoms. The van der Waals surface area contributed by atoms with E-state index in [4.69, 9.17) is 15.0 Å². The predicted molar refractivity (Wildman–Crippen MR) is 179 cm³/mol. The van der Waals surface area contributed by atoms with Gasteiger partial charge in [0.2, 0.25) is 0 Å². The molecular weight excluding hydrogens is 534 g/mol. The first-order chi connectivity index (χ1) is 21.6. The van der Waals surface area contributed by atoms with Gasteiger partial charge in [0.1, 0.15) is 0 Å². The Hall–Kier alpha value is -5.41. The van der Waals surface area contributed by atoms with Crippen molar-refractivity contribution in [1.82, 2.24) is 15.0 Å². The Bertz CT molecular complexity index is 2280. The lowest BCUT2D eigenvalue weighted by Crippen LogP contribution is -2.15. The molecule has 0 radical (unpaired) electrons. The van der Waals surface area contributed by atoms with Crippen molar-refractivity contribution in [3.05, 3.63) is 150 Å². The van der Waals surface area contributed by atoms with Crippen molar-refractivity contribution < 1.29 is 0 Å². The van der Waals surface area contributed by atoms with Crippen molar-refractivity contribution in [1.29, 1.82) is 0 Å². The van der Waals surface area contributed by atoms with Crippen molar-refractivity contribution in [3.63, 3.8) is 0 Å². The molecule has 0 spiro atoms. The minimum Gasteiger partial charge on any atom is -0.256 e. The van der Waals surface area contributed by atoms with Crippen LogP contribution in [0.5, 0.6) is 0 Å². The van der Waals surface area contributed by atoms with E-state index in [0.717, 1.165) is 45.7 Å². The molecule has 0 atom stereocenters. The number of hydrogen-bond donors (Lipinski definition) is 0. The molecule has 0 unspecified atom stereocenters. The van der Waals surface area contributed by atoms with Crippen molar-refractivity contribution in [3.8, 4) is 56.2 Å². The van der Waals surface area contributed by atoms with Crippen LogP contribution in [0.15, 0.2) is 128 Å². The monoisotopic (exact) mass is 563 g/mol. The summed E-state index contributed by atoms with van der Waals surface area (Å²) < 4.78 is 0. The summed E-state index contributed by atoms with van der Waals surface area (Å²) in [6, 6.07) is 43.2. The molecule has 0 N–H and O–H groups in total. The molecule has 3 heteroatoms. The number of fused-ring (bicyclic) bond motifs is 7. The molecule has 44 heavy (non-hydrogen) atoms. The van der Waals surface area contributed by atoms with E-state index in [2.05, 4.69) is 123 Å². The van der Waals surface area contributed by atoms with E-state index in [1.54, 1.807) is 0 Å². The van der Waals surface area contributed by atoms with Gasteiger partial charge in [0, 0.05) is 40.1 Å². The SMILES string of the molecule is CC1(C)c2cc(-c3nc(-c4ccccc4)c4ccccc4n3)ccc2-c2ccc(-c3nccc4c3Cc3ccccc3-4)cc21. The second-order valence-electron chi connectivity index (χ2n) is 12.4. The van der Waals surface area contributed by atoms with E-state index in [-0.39, 0.29) is 5.41 Å². The second kappa shape index (κ2) is 9.29. The van der Waals surface area contributed by atoms with Gasteiger partial charge in [-0.1, -0.05) is 111 Å². The Morgan fingerprint density at radius 2 is 1.25 bits per heavy atom. The van der Waals surface area contributed by atoms with Crippen molar-refractivity contribution in [2.24, 2.45) is 0 Å². The number of benzene rings is 5. The highest BCUT2D eigenvalue weighted by molar-refractivity contribution is 5.94. The lowest BCUT2D eigenvalue weighted by atomic mass is 9.81. The van der Waals surface area contributed by atoms with Crippen LogP contribution in [0.4, 0.5) is 0 Å². The number of rotatable bonds is 3. The molecule has 0 saturated heterocycles. The van der Waals surface area contributed by atoms with E-state index >= 15 is 0 Å². The number of pyridine rings is 1. The highest BCUT2D eigenvalue weighted by Gasteiger charge is 2.36. The smallest absolute Gasteiger partial charge is 0.160 e. The molecule has 0 saturated carbocycles. The van der Waals surface area contributed by atoms with Gasteiger partial charge in [0.15, 0.2) is 5.82 Å². The first-order valence-electron chi connectivity index (χ1n) is 15.2. The molecule has 7 aromatic rings. The molecule has 208 valence electrons. The van der Waals surface area contributed by atoms with E-state index in [1.807, 2.05) is 18.3 Å². The fourth-order valence-electron chi connectivity index (χ4n) is 7.35. The van der Waals surface area contributed by atoms with Crippen LogP contribution in [0.2, 0.25) is 0 Å². The summed E-state index contributed by atoms with van der Waals surface area (Å²) in [6.45, 7) is 4.67. The highest BCUT2D eigenvalue weighted by atomic mass is 14.9. The zero-order chi connectivity index (χ0) is 29.4. The van der Waals surface area contributed by atoms with Crippen LogP contribution in [0.25, 0.3) is 67.1 Å². The number of aromatic nitrogens is 3. The summed E-state index contributed by atoms with van der Waals surface area (Å²) in [7, 11) is 0. The molecular formula is C41H29N3. The minimum atomic E-state index is -0.184. The average molecular weight is 564 g/mol. The van der Waals surface area contributed by atoms with Gasteiger partial charge in [0.25, 0.3) is 0 Å². The summed E-state index contributed by atoms with van der Waals surface area (Å²) in [5.74, 6) is 0.751. The van der Waals surface area contributed by atoms with Crippen molar-refractivity contribution in [2.45, 2.75) is 25.7 Å². The van der Waals surface area contributed by atoms with Gasteiger partial charge in [-0.2, -0.15) is 0 Å². The van der Waals surface area contributed by atoms with Crippen LogP contribution in [0.3, 0.4) is 0 Å². The van der Waals surface area contributed by atoms with Gasteiger partial charge in [0.05, 0.1) is 16.9 Å². The zero-order valence-corrected chi connectivity index (χ0v) is 24.7. The Morgan fingerprint density at radius 3 is 2.09 bits per heavy atom. The third kappa shape index (κ3) is 3.66. The third-order valence-corrected chi connectivity index (χ3v) is 9.59. The van der Waals surface area contributed by atoms with Gasteiger partial charge >= 0.3 is 0 Å². The van der Waals surface area contributed by atoms with E-state index in [1.165, 1.54) is 50.1 Å². The maximum Gasteiger partial charge on any atom is 0.160 e. The first kappa shape index (κ1) is 25.1. The van der Waals surface area contributed by atoms with Gasteiger partial charge in [-0.15, -0.1) is 0 Å². The summed E-state index contributed by atoms with van der Waals surface area (Å²) >= 11 is 0. The van der Waals surface area contributed by atoms with Gasteiger partial charge in [-0.3, -0.25) is 4.98 Å². The molecule has 2 heterocycles. The topological polar surface area (TPSA) is 38.7 Å². The number of hydrogen-bond acceptors (Lipinski definition) is 3. The van der Waals surface area contributed by atoms with Crippen LogP contribution >= 0.6 is 0 Å². The summed E-state index contributed by atoms with van der Waals surface area (Å²) in [5, 5.41) is 1.06. The normalized spacial score (nSPS) is 13.8. The van der Waals surface area contributed by atoms with Crippen molar-refractivity contribution >= 4 is 10.9 Å². The molecule has 2 aromatic heterocycles. The minimum absolute atomic E-state index is 0.184. The van der Waals surface area contributed by atoms with Crippen LogP contribution < -0.4 is 0 Å². The summed E-state index contributed by atoms with van der Waals surface area (Å²) in [4.78, 5) is 15.1. The Morgan fingerprint density at radius 1 is 0.545 bits per heavy atom. The molecule has 5 aromatic carbocycles. The maximum atomic E-state index is 5.15. The van der Waals surface area contributed by atoms with Gasteiger partial charge in [-0.25, -0.2) is 9.97 Å². The molecule has 3 nitrogen and oxygen atoms in total. The number of nitrogens with zero attached hydrogens (tertiary/aromatic N) is 3. The fraction of sp³-hybridized carbons (Fsp3) is 0.0976. The molecule has 0 amide bonds. The molecule has 0 fully saturated rings. The van der Waals surface area contributed by atoms with E-state index in [0.29, 0.717) is 0 Å². The van der Waals surface area contributed by atoms with Crippen LogP contribution in [-0.4, -0.2) is 15.0 Å². The molecule has 9 rings (SSSR count). The zero-order valence-electron chi connectivity index (χ0n) is 24.7. The lowest BCUT2D eigenvalue weighted by Gasteiger charge is -2.22. The number of para-hydroxylation sites is 1. The van der Waals surface area contributed by atoms with Crippen LogP contribution in [-0.2, 0) is 11.8 Å². The average Bonchev–Trinajstić information content (AvgIpc) is 3.56. The van der Waals surface area contributed by atoms with Crippen LogP contribution in [0.1, 0.15) is 36.1 Å². The fourth-order valence-corrected chi connectivity index (χ4v) is 7.35. The van der Waals surface area contributed by atoms with Crippen LogP contribution in [0, 0.1) is 0 Å². The second-order valence-corrected chi connectivity index (χ2v) is 12.4. The predicted octanol–water partition coefficient (Wildman–Crippen LogP) is 9.90. The van der Waals surface area contributed by atoms with Crippen molar-refractivity contribution in [2.75, 3.05) is 0 Å². The molecule has 0 aliphatic heterocycles. The van der Waals surface area contributed by atoms with Gasteiger partial charge < -0.3 is 0 Å². The Labute approximate surface area is 257 Å². The van der Waals surface area contributed by atoms with E-state index < -0.39 is 0 Å². The lowest BCUT2D eigenvalue weighted by molar-refractivity contribution is 0.660. The standard InChI is InChI=1S/C41H29N3/c1-41(2)35-23-27(38-34-22-26-12-6-7-13-29(26)30(34)20-21-42-38)16-18-31(35)32-19-17-28(24-36(32)41)40-43-37-15-9-8-14-33(37)39(44-40)25-10-4-3-5-11-25/h3-21,23-24H,22H2,1-2H3. The Kier molecular flexibility index (Phi) is 5.31. The van der Waals surface area contributed by atoms with E-state index in [9.17, 15) is 0 Å². The Balaban J connectivity index is 1.15.